The molecule has 1 aromatic rings. The molecule has 0 saturated carbocycles. The molecule has 2 N–H and O–H groups in total. The fourth-order valence-electron chi connectivity index (χ4n) is 1.66. The quantitative estimate of drug-likeness (QED) is 0.694. The van der Waals surface area contributed by atoms with Gasteiger partial charge in [0.2, 0.25) is 11.8 Å². The van der Waals surface area contributed by atoms with Crippen LogP contribution in [0.25, 0.3) is 0 Å². The smallest absolute Gasteiger partial charge is 0.338 e. The minimum atomic E-state index is -1.23. The van der Waals surface area contributed by atoms with E-state index in [0.717, 1.165) is 17.2 Å². The molecule has 1 aromatic heterocycles. The fraction of sp³-hybridized carbons (Fsp3) is 0.273. The van der Waals surface area contributed by atoms with Crippen molar-refractivity contribution in [1.29, 1.82) is 0 Å². The third-order valence-electron chi connectivity index (χ3n) is 2.74. The van der Waals surface area contributed by atoms with Crippen molar-refractivity contribution in [2.45, 2.75) is 13.0 Å². The van der Waals surface area contributed by atoms with Crippen molar-refractivity contribution in [2.24, 2.45) is 0 Å². The van der Waals surface area contributed by atoms with E-state index in [9.17, 15) is 19.2 Å². The van der Waals surface area contributed by atoms with E-state index < -0.39 is 29.7 Å². The zero-order valence-electron chi connectivity index (χ0n) is 9.87. The van der Waals surface area contributed by atoms with Crippen LogP contribution in [0.4, 0.5) is 0 Å². The Morgan fingerprint density at radius 1 is 1.47 bits per heavy atom. The summed E-state index contributed by atoms with van der Waals surface area (Å²) >= 11 is 0. The number of carboxylic acids is 1. The van der Waals surface area contributed by atoms with E-state index in [4.69, 9.17) is 9.52 Å². The SMILES string of the molecule is CC1C(=O)NC(=O)CN1C(=O)c1cc(C(=O)O)co1. The molecule has 1 saturated heterocycles. The molecule has 3 amide bonds. The largest absolute Gasteiger partial charge is 0.478 e. The van der Waals surface area contributed by atoms with E-state index in [1.54, 1.807) is 0 Å². The highest BCUT2D eigenvalue weighted by Crippen LogP contribution is 2.14. The van der Waals surface area contributed by atoms with Crippen molar-refractivity contribution in [3.05, 3.63) is 23.7 Å². The molecule has 100 valence electrons. The lowest BCUT2D eigenvalue weighted by Crippen LogP contribution is -2.58. The maximum atomic E-state index is 12.0. The summed E-state index contributed by atoms with van der Waals surface area (Å²) in [5.41, 5.74) is -0.177. The Labute approximate surface area is 107 Å². The molecule has 1 aliphatic rings. The minimum Gasteiger partial charge on any atom is -0.478 e. The van der Waals surface area contributed by atoms with Crippen molar-refractivity contribution >= 4 is 23.7 Å². The summed E-state index contributed by atoms with van der Waals surface area (Å²) in [5.74, 6) is -3.35. The van der Waals surface area contributed by atoms with Crippen LogP contribution in [0, 0.1) is 0 Å². The fourth-order valence-corrected chi connectivity index (χ4v) is 1.66. The summed E-state index contributed by atoms with van der Waals surface area (Å²) in [6.07, 6.45) is 0.923. The number of imide groups is 1. The van der Waals surface area contributed by atoms with E-state index in [2.05, 4.69) is 5.32 Å². The van der Waals surface area contributed by atoms with Gasteiger partial charge < -0.3 is 14.4 Å². The Bertz CT molecular complexity index is 575. The molecular formula is C11H10N2O6. The van der Waals surface area contributed by atoms with Crippen LogP contribution in [-0.4, -0.2) is 46.3 Å². The van der Waals surface area contributed by atoms with Gasteiger partial charge in [-0.3, -0.25) is 19.7 Å². The number of carbonyl (C=O) groups is 4. The number of amides is 3. The lowest BCUT2D eigenvalue weighted by atomic mass is 10.2. The number of nitrogens with zero attached hydrogens (tertiary/aromatic N) is 1. The zero-order valence-corrected chi connectivity index (χ0v) is 9.87. The molecule has 1 atom stereocenters. The second-order valence-electron chi connectivity index (χ2n) is 4.03. The normalized spacial score (nSPS) is 19.2. The van der Waals surface area contributed by atoms with E-state index >= 15 is 0 Å². The summed E-state index contributed by atoms with van der Waals surface area (Å²) in [7, 11) is 0. The first-order valence-corrected chi connectivity index (χ1v) is 5.36. The van der Waals surface area contributed by atoms with Crippen LogP contribution in [0.15, 0.2) is 16.7 Å². The average molecular weight is 266 g/mol. The predicted molar refractivity (Wildman–Crippen MR) is 59.3 cm³/mol. The number of piperazine rings is 1. The number of carbonyl (C=O) groups excluding carboxylic acids is 3. The van der Waals surface area contributed by atoms with Gasteiger partial charge in [-0.25, -0.2) is 4.79 Å². The van der Waals surface area contributed by atoms with Gasteiger partial charge >= 0.3 is 5.97 Å². The van der Waals surface area contributed by atoms with Gasteiger partial charge in [-0.05, 0) is 6.92 Å². The van der Waals surface area contributed by atoms with Gasteiger partial charge in [0.1, 0.15) is 18.8 Å². The van der Waals surface area contributed by atoms with Gasteiger partial charge in [0.05, 0.1) is 5.56 Å². The maximum Gasteiger partial charge on any atom is 0.338 e. The summed E-state index contributed by atoms with van der Waals surface area (Å²) in [5, 5.41) is 10.8. The van der Waals surface area contributed by atoms with Crippen LogP contribution in [0.3, 0.4) is 0 Å². The van der Waals surface area contributed by atoms with Gasteiger partial charge in [-0.1, -0.05) is 0 Å². The van der Waals surface area contributed by atoms with Gasteiger partial charge in [-0.2, -0.15) is 0 Å². The molecule has 2 heterocycles. The lowest BCUT2D eigenvalue weighted by Gasteiger charge is -2.30. The van der Waals surface area contributed by atoms with Crippen molar-refractivity contribution in [3.8, 4) is 0 Å². The van der Waals surface area contributed by atoms with Crippen molar-refractivity contribution < 1.29 is 28.7 Å². The van der Waals surface area contributed by atoms with Crippen LogP contribution in [0.2, 0.25) is 0 Å². The number of furan rings is 1. The Kier molecular flexibility index (Phi) is 3.07. The van der Waals surface area contributed by atoms with Crippen LogP contribution in [-0.2, 0) is 9.59 Å². The van der Waals surface area contributed by atoms with Crippen LogP contribution in [0.1, 0.15) is 27.8 Å². The van der Waals surface area contributed by atoms with Crippen LogP contribution in [0.5, 0.6) is 0 Å². The van der Waals surface area contributed by atoms with Crippen LogP contribution >= 0.6 is 0 Å². The number of nitrogens with one attached hydrogen (secondary N) is 1. The number of rotatable bonds is 2. The van der Waals surface area contributed by atoms with Crippen molar-refractivity contribution in [1.82, 2.24) is 10.2 Å². The standard InChI is InChI=1S/C11H10N2O6/c1-5-9(15)12-8(14)3-13(5)10(16)7-2-6(4-19-7)11(17)18/h2,4-5H,3H2,1H3,(H,17,18)(H,12,14,15). The van der Waals surface area contributed by atoms with Gasteiger partial charge in [0, 0.05) is 6.07 Å². The average Bonchev–Trinajstić information content (AvgIpc) is 2.82. The van der Waals surface area contributed by atoms with Gasteiger partial charge in [0.25, 0.3) is 5.91 Å². The summed E-state index contributed by atoms with van der Waals surface area (Å²) in [6, 6.07) is 0.220. The highest BCUT2D eigenvalue weighted by molar-refractivity contribution is 6.06. The Morgan fingerprint density at radius 3 is 2.74 bits per heavy atom. The highest BCUT2D eigenvalue weighted by atomic mass is 16.4. The van der Waals surface area contributed by atoms with Crippen molar-refractivity contribution in [3.63, 3.8) is 0 Å². The molecule has 0 spiro atoms. The third-order valence-corrected chi connectivity index (χ3v) is 2.74. The predicted octanol–water partition coefficient (Wildman–Crippen LogP) is -0.535. The molecule has 1 fully saturated rings. The topological polar surface area (TPSA) is 117 Å². The van der Waals surface area contributed by atoms with E-state index in [0.29, 0.717) is 0 Å². The molecule has 0 bridgehead atoms. The molecule has 0 aromatic carbocycles. The molecule has 8 nitrogen and oxygen atoms in total. The third kappa shape index (κ3) is 2.32. The Balaban J connectivity index is 2.24. The monoisotopic (exact) mass is 266 g/mol. The van der Waals surface area contributed by atoms with E-state index in [-0.39, 0.29) is 17.9 Å². The maximum absolute atomic E-state index is 12.0. The first-order valence-electron chi connectivity index (χ1n) is 5.36. The molecule has 1 aliphatic heterocycles. The number of carboxylic acid groups (broad SMARTS) is 1. The molecule has 1 unspecified atom stereocenters. The van der Waals surface area contributed by atoms with Crippen molar-refractivity contribution in [2.75, 3.05) is 6.54 Å². The minimum absolute atomic E-state index is 0.177. The molecular weight excluding hydrogens is 256 g/mol. The Hall–Kier alpha value is -2.64. The molecule has 19 heavy (non-hydrogen) atoms. The number of hydrogen-bond acceptors (Lipinski definition) is 5. The Morgan fingerprint density at radius 2 is 2.16 bits per heavy atom. The van der Waals surface area contributed by atoms with E-state index in [1.807, 2.05) is 0 Å². The second-order valence-corrected chi connectivity index (χ2v) is 4.03. The summed E-state index contributed by atoms with van der Waals surface area (Å²) in [4.78, 5) is 46.4. The summed E-state index contributed by atoms with van der Waals surface area (Å²) < 4.78 is 4.84. The number of aromatic carboxylic acids is 1. The van der Waals surface area contributed by atoms with Crippen LogP contribution < -0.4 is 5.32 Å². The highest BCUT2D eigenvalue weighted by Gasteiger charge is 2.35. The lowest BCUT2D eigenvalue weighted by molar-refractivity contribution is -0.138. The molecule has 2 rings (SSSR count). The number of hydrogen-bond donors (Lipinski definition) is 2. The summed E-state index contributed by atoms with van der Waals surface area (Å²) in [6.45, 7) is 1.18. The van der Waals surface area contributed by atoms with E-state index in [1.165, 1.54) is 6.92 Å². The first kappa shape index (κ1) is 12.8. The van der Waals surface area contributed by atoms with Gasteiger partial charge in [0.15, 0.2) is 5.76 Å². The van der Waals surface area contributed by atoms with Gasteiger partial charge in [-0.15, -0.1) is 0 Å². The second kappa shape index (κ2) is 4.56. The first-order chi connectivity index (χ1) is 8.90. The molecule has 0 radical (unpaired) electrons. The molecule has 8 heteroatoms. The molecule has 0 aliphatic carbocycles. The zero-order chi connectivity index (χ0) is 14.2.